The van der Waals surface area contributed by atoms with Crippen LogP contribution in [-0.2, 0) is 22.7 Å². The van der Waals surface area contributed by atoms with Crippen LogP contribution in [-0.4, -0.2) is 0 Å². The molecule has 16 rings (SSSR count). The van der Waals surface area contributed by atoms with Gasteiger partial charge in [0.25, 0.3) is 0 Å². The number of hydrogen-bond acceptors (Lipinski definition) is 0. The lowest BCUT2D eigenvalue weighted by Gasteiger charge is -2.34. The Balaban J connectivity index is 0.766. The molecule has 0 heterocycles. The van der Waals surface area contributed by atoms with Crippen molar-refractivity contribution < 1.29 is 0 Å². The van der Waals surface area contributed by atoms with E-state index in [-0.39, 0.29) is 10.8 Å². The molecule has 13 aromatic rings. The maximum Gasteiger partial charge on any atom is 0.0713 e. The molecule has 91 heavy (non-hydrogen) atoms. The Labute approximate surface area is 537 Å². The van der Waals surface area contributed by atoms with Crippen molar-refractivity contribution in [2.75, 3.05) is 0 Å². The molecule has 0 aromatic heterocycles. The maximum absolute atomic E-state index is 4.53. The van der Waals surface area contributed by atoms with Crippen LogP contribution < -0.4 is 0 Å². The molecular formula is C91H74. The average Bonchev–Trinajstić information content (AvgIpc) is 1.54. The number of hydrogen-bond donors (Lipinski definition) is 0. The summed E-state index contributed by atoms with van der Waals surface area (Å²) in [7, 11) is 0. The lowest BCUT2D eigenvalue weighted by atomic mass is 9.67. The Kier molecular flexibility index (Phi) is 13.1. The second kappa shape index (κ2) is 21.3. The Bertz CT molecular complexity index is 5160. The van der Waals surface area contributed by atoms with Gasteiger partial charge >= 0.3 is 0 Å². The van der Waals surface area contributed by atoms with Gasteiger partial charge in [0, 0.05) is 10.8 Å². The van der Waals surface area contributed by atoms with Crippen molar-refractivity contribution in [1.29, 1.82) is 0 Å². The molecule has 0 aliphatic heterocycles. The van der Waals surface area contributed by atoms with E-state index >= 15 is 0 Å². The molecule has 1 unspecified atom stereocenters. The fraction of sp³-hybridized carbons (Fsp3) is 0.143. The predicted octanol–water partition coefficient (Wildman–Crippen LogP) is 23.9. The first-order valence-electron chi connectivity index (χ1n) is 32.7. The van der Waals surface area contributed by atoms with Crippen molar-refractivity contribution in [1.82, 2.24) is 0 Å². The van der Waals surface area contributed by atoms with Crippen molar-refractivity contribution in [2.24, 2.45) is 0 Å². The van der Waals surface area contributed by atoms with Gasteiger partial charge in [0.15, 0.2) is 0 Å². The second-order valence-electron chi connectivity index (χ2n) is 27.1. The van der Waals surface area contributed by atoms with E-state index in [9.17, 15) is 0 Å². The zero-order valence-corrected chi connectivity index (χ0v) is 53.5. The summed E-state index contributed by atoms with van der Waals surface area (Å²) in [4.78, 5) is 0. The van der Waals surface area contributed by atoms with Gasteiger partial charge < -0.3 is 0 Å². The summed E-state index contributed by atoms with van der Waals surface area (Å²) in [5.74, 6) is 0. The quantitative estimate of drug-likeness (QED) is 0.121. The molecule has 0 bridgehead atoms. The molecule has 438 valence electrons. The number of allylic oxidation sites excluding steroid dienone is 1. The molecule has 0 radical (unpaired) electrons. The summed E-state index contributed by atoms with van der Waals surface area (Å²) >= 11 is 0. The molecule has 3 aliphatic carbocycles. The molecule has 0 saturated carbocycles. The van der Waals surface area contributed by atoms with Crippen molar-refractivity contribution in [3.05, 3.63) is 356 Å². The van der Waals surface area contributed by atoms with Gasteiger partial charge in [0.1, 0.15) is 0 Å². The van der Waals surface area contributed by atoms with Crippen LogP contribution in [0.1, 0.15) is 123 Å². The van der Waals surface area contributed by atoms with Gasteiger partial charge in [-0.1, -0.05) is 294 Å². The van der Waals surface area contributed by atoms with Crippen LogP contribution in [0.2, 0.25) is 0 Å². The van der Waals surface area contributed by atoms with Gasteiger partial charge in [-0.2, -0.15) is 0 Å². The Morgan fingerprint density at radius 2 is 0.956 bits per heavy atom. The third kappa shape index (κ3) is 8.63. The van der Waals surface area contributed by atoms with Gasteiger partial charge in [0.2, 0.25) is 0 Å². The van der Waals surface area contributed by atoms with E-state index < -0.39 is 5.41 Å². The Morgan fingerprint density at radius 1 is 0.385 bits per heavy atom. The van der Waals surface area contributed by atoms with E-state index in [1.807, 2.05) is 0 Å². The highest BCUT2D eigenvalue weighted by Crippen LogP contribution is 2.60. The monoisotopic (exact) mass is 1170 g/mol. The molecule has 3 aliphatic rings. The van der Waals surface area contributed by atoms with Crippen LogP contribution >= 0.6 is 0 Å². The number of fused-ring (bicyclic) bond motifs is 11. The first kappa shape index (κ1) is 56.1. The minimum atomic E-state index is -0.478. The second-order valence-corrected chi connectivity index (χ2v) is 27.1. The topological polar surface area (TPSA) is 0 Å². The van der Waals surface area contributed by atoms with Gasteiger partial charge in [-0.3, -0.25) is 0 Å². The van der Waals surface area contributed by atoms with Crippen LogP contribution in [0, 0.1) is 27.7 Å². The summed E-state index contributed by atoms with van der Waals surface area (Å²) in [6.07, 6.45) is 6.27. The average molecular weight is 1170 g/mol. The minimum Gasteiger partial charge on any atom is -0.0984 e. The summed E-state index contributed by atoms with van der Waals surface area (Å²) in [6.45, 7) is 23.0. The smallest absolute Gasteiger partial charge is 0.0713 e. The third-order valence-corrected chi connectivity index (χ3v) is 21.1. The largest absolute Gasteiger partial charge is 0.0984 e. The van der Waals surface area contributed by atoms with Crippen LogP contribution in [0.5, 0.6) is 0 Å². The number of benzene rings is 13. The van der Waals surface area contributed by atoms with Crippen molar-refractivity contribution >= 4 is 33.2 Å². The summed E-state index contributed by atoms with van der Waals surface area (Å²) in [5.41, 5.74) is 36.5. The van der Waals surface area contributed by atoms with Gasteiger partial charge in [-0.05, 0) is 231 Å². The van der Waals surface area contributed by atoms with E-state index in [0.717, 1.165) is 18.4 Å². The SMILES string of the molecule is C=Cc1cc(-c2cccc3c2C(C)(C)c2cccc(CC4(C)c5ccccc5-c5ccc(-c6ccc7ccc(C)cc7c6)cc54)c2-3)ccc1C(=CCC)c1cc(C)cc2cc(-c3cccc4c3-c3ccccc3C4(c3ccc(C)cc3)c3ccc(C)cc3)ccc12. The molecular weight excluding hydrogens is 1090 g/mol. The van der Waals surface area contributed by atoms with Gasteiger partial charge in [-0.15, -0.1) is 0 Å². The molecule has 0 amide bonds. The zero-order chi connectivity index (χ0) is 62.1. The fourth-order valence-corrected chi connectivity index (χ4v) is 16.9. The molecule has 1 atom stereocenters. The summed E-state index contributed by atoms with van der Waals surface area (Å²) < 4.78 is 0. The van der Waals surface area contributed by atoms with E-state index in [4.69, 9.17) is 0 Å². The first-order valence-corrected chi connectivity index (χ1v) is 32.7. The third-order valence-electron chi connectivity index (χ3n) is 21.1. The zero-order valence-electron chi connectivity index (χ0n) is 53.5. The molecule has 13 aromatic carbocycles. The van der Waals surface area contributed by atoms with Crippen molar-refractivity contribution in [3.63, 3.8) is 0 Å². The van der Waals surface area contributed by atoms with Crippen LogP contribution in [0.25, 0.3) is 100.0 Å². The highest BCUT2D eigenvalue weighted by atomic mass is 14.5. The van der Waals surface area contributed by atoms with Crippen LogP contribution in [0.15, 0.2) is 267 Å². The standard InChI is InChI=1S/C91H74/c1-10-19-75(80-50-59(6)49-68-53-64(39-46-72(68)80)73-23-18-29-84-87(73)78-22-13-15-27-82(78)91(84,69-41-31-56(3)32-42-69)70-43-33-57(4)34-44-70)71-45-40-65(51-60(71)11-2)74-24-17-25-79-86-66(20-16-28-83(86)89(7,8)88(74)79)55-90(9)81-26-14-12-21-76(81)77-47-38-63(54-85(77)90)62-37-36-61-35-30-58(5)48-67(61)52-62/h11-54H,2,10,55H2,1,3-9H3. The highest BCUT2D eigenvalue weighted by Gasteiger charge is 2.48. The van der Waals surface area contributed by atoms with Gasteiger partial charge in [0.05, 0.1) is 5.41 Å². The summed E-state index contributed by atoms with van der Waals surface area (Å²) in [6, 6.07) is 98.0. The lowest BCUT2D eigenvalue weighted by molar-refractivity contribution is 0.583. The van der Waals surface area contributed by atoms with Crippen LogP contribution in [0.4, 0.5) is 0 Å². The van der Waals surface area contributed by atoms with Crippen LogP contribution in [0.3, 0.4) is 0 Å². The maximum atomic E-state index is 4.53. The van der Waals surface area contributed by atoms with Crippen molar-refractivity contribution in [2.45, 2.75) is 84.5 Å². The fourth-order valence-electron chi connectivity index (χ4n) is 16.9. The van der Waals surface area contributed by atoms with E-state index in [0.29, 0.717) is 0 Å². The lowest BCUT2D eigenvalue weighted by Crippen LogP contribution is -2.28. The number of aryl methyl sites for hydroxylation is 4. The molecule has 0 fully saturated rings. The molecule has 0 spiro atoms. The molecule has 0 nitrogen and oxygen atoms in total. The van der Waals surface area contributed by atoms with E-state index in [2.05, 4.69) is 329 Å². The molecule has 0 heteroatoms. The van der Waals surface area contributed by atoms with Crippen molar-refractivity contribution in [3.8, 4) is 66.8 Å². The highest BCUT2D eigenvalue weighted by molar-refractivity contribution is 6.04. The molecule has 0 N–H and O–H groups in total. The predicted molar refractivity (Wildman–Crippen MR) is 388 cm³/mol. The normalized spacial score (nSPS) is 15.5. The van der Waals surface area contributed by atoms with E-state index in [1.165, 1.54) is 177 Å². The van der Waals surface area contributed by atoms with Gasteiger partial charge in [-0.25, -0.2) is 0 Å². The minimum absolute atomic E-state index is 0.251. The Hall–Kier alpha value is -10.1. The first-order chi connectivity index (χ1) is 44.3. The number of rotatable bonds is 11. The molecule has 0 saturated heterocycles. The Morgan fingerprint density at radius 3 is 1.73 bits per heavy atom. The van der Waals surface area contributed by atoms with E-state index in [1.54, 1.807) is 0 Å². The summed E-state index contributed by atoms with van der Waals surface area (Å²) in [5, 5.41) is 5.03.